The van der Waals surface area contributed by atoms with Crippen molar-refractivity contribution in [1.29, 1.82) is 0 Å². The molecule has 0 radical (unpaired) electrons. The lowest BCUT2D eigenvalue weighted by atomic mass is 9.87. The topological polar surface area (TPSA) is 54.0 Å². The summed E-state index contributed by atoms with van der Waals surface area (Å²) in [6, 6.07) is 16.3. The van der Waals surface area contributed by atoms with Gasteiger partial charge in [-0.3, -0.25) is 0 Å². The number of nitrogens with zero attached hydrogens (tertiary/aromatic N) is 3. The third-order valence-corrected chi connectivity index (χ3v) is 5.66. The number of hydrogen-bond acceptors (Lipinski definition) is 4. The number of pyridine rings is 1. The van der Waals surface area contributed by atoms with E-state index in [-0.39, 0.29) is 5.41 Å². The van der Waals surface area contributed by atoms with E-state index in [0.717, 1.165) is 46.2 Å². The largest absolute Gasteiger partial charge is 0.489 e. The number of rotatable bonds is 2. The minimum Gasteiger partial charge on any atom is -0.489 e. The molecule has 0 fully saturated rings. The molecule has 0 bridgehead atoms. The molecule has 1 aliphatic rings. The van der Waals surface area contributed by atoms with Gasteiger partial charge in [0.2, 0.25) is 0 Å². The summed E-state index contributed by atoms with van der Waals surface area (Å²) in [7, 11) is 0. The summed E-state index contributed by atoms with van der Waals surface area (Å²) in [6.07, 6.45) is 1.67. The van der Waals surface area contributed by atoms with Crippen LogP contribution in [0.3, 0.4) is 0 Å². The minimum absolute atomic E-state index is 0.0839. The van der Waals surface area contributed by atoms with Crippen LogP contribution in [-0.2, 0) is 5.41 Å². The second-order valence-electron chi connectivity index (χ2n) is 8.56. The molecular weight excluding hydrogens is 396 g/mol. The molecule has 0 unspecified atom stereocenters. The van der Waals surface area contributed by atoms with Crippen LogP contribution < -0.4 is 9.64 Å². The summed E-state index contributed by atoms with van der Waals surface area (Å²) in [6.45, 7) is 7.94. The quantitative estimate of drug-likeness (QED) is 0.427. The summed E-state index contributed by atoms with van der Waals surface area (Å²) >= 11 is 6.02. The maximum atomic E-state index is 6.10. The Bertz CT molecular complexity index is 1220. The summed E-state index contributed by atoms with van der Waals surface area (Å²) in [5, 5.41) is 0.623. The zero-order chi connectivity index (χ0) is 20.9. The van der Waals surface area contributed by atoms with Gasteiger partial charge in [0, 0.05) is 6.20 Å². The number of para-hydroxylation sites is 1. The Kier molecular flexibility index (Phi) is 4.44. The molecule has 30 heavy (non-hydrogen) atoms. The van der Waals surface area contributed by atoms with Crippen LogP contribution in [0.4, 0.5) is 11.5 Å². The van der Waals surface area contributed by atoms with Gasteiger partial charge in [-0.1, -0.05) is 44.5 Å². The highest BCUT2D eigenvalue weighted by molar-refractivity contribution is 6.30. The van der Waals surface area contributed by atoms with Crippen molar-refractivity contribution in [2.45, 2.75) is 26.2 Å². The third kappa shape index (κ3) is 3.29. The van der Waals surface area contributed by atoms with Gasteiger partial charge in [-0.15, -0.1) is 0 Å². The summed E-state index contributed by atoms with van der Waals surface area (Å²) < 4.78 is 6.10. The van der Waals surface area contributed by atoms with E-state index in [0.29, 0.717) is 11.6 Å². The Hall–Kier alpha value is -3.05. The second kappa shape index (κ2) is 7.03. The van der Waals surface area contributed by atoms with Crippen LogP contribution in [0.2, 0.25) is 5.02 Å². The van der Waals surface area contributed by atoms with Crippen molar-refractivity contribution >= 4 is 34.1 Å². The number of fused-ring (bicyclic) bond motifs is 2. The SMILES string of the molecule is CC(C)(C)c1ccc2nc(-c3cccc4c3OCCN4c3ccc(Cl)cn3)[nH]c2c1. The molecular formula is C24H23ClN4O. The molecule has 2 aromatic heterocycles. The van der Waals surface area contributed by atoms with E-state index in [1.807, 2.05) is 24.3 Å². The molecule has 1 N–H and O–H groups in total. The van der Waals surface area contributed by atoms with Gasteiger partial charge in [-0.2, -0.15) is 0 Å². The fourth-order valence-corrected chi connectivity index (χ4v) is 3.92. The van der Waals surface area contributed by atoms with Gasteiger partial charge < -0.3 is 14.6 Å². The van der Waals surface area contributed by atoms with Gasteiger partial charge in [0.05, 0.1) is 33.9 Å². The number of halogens is 1. The summed E-state index contributed by atoms with van der Waals surface area (Å²) in [4.78, 5) is 15.0. The standard InChI is InChI=1S/C24H23ClN4O/c1-24(2,3)15-7-9-18-19(13-15)28-23(27-18)17-5-4-6-20-22(17)30-12-11-29(20)21-10-8-16(25)14-26-21/h4-10,13-14H,11-12H2,1-3H3,(H,27,28). The van der Waals surface area contributed by atoms with Gasteiger partial charge in [0.25, 0.3) is 0 Å². The molecule has 0 atom stereocenters. The van der Waals surface area contributed by atoms with Crippen molar-refractivity contribution in [2.75, 3.05) is 18.1 Å². The van der Waals surface area contributed by atoms with E-state index < -0.39 is 0 Å². The first-order valence-electron chi connectivity index (χ1n) is 10.1. The number of benzene rings is 2. The van der Waals surface area contributed by atoms with Gasteiger partial charge in [-0.05, 0) is 47.4 Å². The highest BCUT2D eigenvalue weighted by atomic mass is 35.5. The number of ether oxygens (including phenoxy) is 1. The zero-order valence-corrected chi connectivity index (χ0v) is 18.0. The van der Waals surface area contributed by atoms with Crippen LogP contribution in [-0.4, -0.2) is 28.1 Å². The molecule has 5 rings (SSSR count). The molecule has 4 aromatic rings. The van der Waals surface area contributed by atoms with Crippen LogP contribution >= 0.6 is 11.6 Å². The van der Waals surface area contributed by atoms with Crippen molar-refractivity contribution in [2.24, 2.45) is 0 Å². The molecule has 152 valence electrons. The number of nitrogens with one attached hydrogen (secondary N) is 1. The van der Waals surface area contributed by atoms with E-state index in [1.165, 1.54) is 5.56 Å². The second-order valence-corrected chi connectivity index (χ2v) is 8.99. The van der Waals surface area contributed by atoms with Crippen molar-refractivity contribution in [1.82, 2.24) is 15.0 Å². The molecule has 0 saturated heterocycles. The van der Waals surface area contributed by atoms with Gasteiger partial charge in [-0.25, -0.2) is 9.97 Å². The highest BCUT2D eigenvalue weighted by Gasteiger charge is 2.25. The first-order valence-corrected chi connectivity index (χ1v) is 10.4. The lowest BCUT2D eigenvalue weighted by Crippen LogP contribution is -2.29. The number of aromatic amines is 1. The number of hydrogen-bond donors (Lipinski definition) is 1. The van der Waals surface area contributed by atoms with Gasteiger partial charge >= 0.3 is 0 Å². The van der Waals surface area contributed by atoms with Crippen molar-refractivity contribution in [3.63, 3.8) is 0 Å². The first-order chi connectivity index (χ1) is 14.4. The first kappa shape index (κ1) is 18.9. The molecule has 0 amide bonds. The lowest BCUT2D eigenvalue weighted by Gasteiger charge is -2.31. The maximum Gasteiger partial charge on any atom is 0.154 e. The predicted octanol–water partition coefficient (Wildman–Crippen LogP) is 6.11. The Morgan fingerprint density at radius 2 is 1.97 bits per heavy atom. The van der Waals surface area contributed by atoms with E-state index in [9.17, 15) is 0 Å². The van der Waals surface area contributed by atoms with Crippen molar-refractivity contribution in [3.05, 3.63) is 65.3 Å². The normalized spacial score (nSPS) is 13.9. The third-order valence-electron chi connectivity index (χ3n) is 5.44. The Labute approximate surface area is 180 Å². The Morgan fingerprint density at radius 1 is 1.10 bits per heavy atom. The van der Waals surface area contributed by atoms with Crippen LogP contribution in [0.5, 0.6) is 5.75 Å². The predicted molar refractivity (Wildman–Crippen MR) is 122 cm³/mol. The molecule has 3 heterocycles. The van der Waals surface area contributed by atoms with E-state index in [1.54, 1.807) is 6.20 Å². The molecule has 5 nitrogen and oxygen atoms in total. The van der Waals surface area contributed by atoms with E-state index >= 15 is 0 Å². The highest BCUT2D eigenvalue weighted by Crippen LogP contribution is 2.42. The van der Waals surface area contributed by atoms with Crippen LogP contribution in [0.15, 0.2) is 54.7 Å². The smallest absolute Gasteiger partial charge is 0.154 e. The van der Waals surface area contributed by atoms with E-state index in [4.69, 9.17) is 21.3 Å². The molecule has 0 saturated carbocycles. The average molecular weight is 419 g/mol. The van der Waals surface area contributed by atoms with Gasteiger partial charge in [0.15, 0.2) is 5.75 Å². The fraction of sp³-hybridized carbons (Fsp3) is 0.250. The van der Waals surface area contributed by atoms with Crippen LogP contribution in [0, 0.1) is 0 Å². The van der Waals surface area contributed by atoms with Crippen molar-refractivity contribution < 1.29 is 4.74 Å². The molecule has 6 heteroatoms. The van der Waals surface area contributed by atoms with Crippen LogP contribution in [0.1, 0.15) is 26.3 Å². The Morgan fingerprint density at radius 3 is 2.73 bits per heavy atom. The number of anilines is 2. The maximum absolute atomic E-state index is 6.10. The molecule has 1 aliphatic heterocycles. The summed E-state index contributed by atoms with van der Waals surface area (Å²) in [5.74, 6) is 2.47. The number of imidazole rings is 1. The zero-order valence-electron chi connectivity index (χ0n) is 17.2. The fourth-order valence-electron chi connectivity index (χ4n) is 3.80. The number of H-pyrrole nitrogens is 1. The molecule has 0 aliphatic carbocycles. The lowest BCUT2D eigenvalue weighted by molar-refractivity contribution is 0.315. The summed E-state index contributed by atoms with van der Waals surface area (Å²) in [5.41, 5.74) is 5.26. The molecule has 0 spiro atoms. The van der Waals surface area contributed by atoms with Crippen LogP contribution in [0.25, 0.3) is 22.4 Å². The number of aromatic nitrogens is 3. The van der Waals surface area contributed by atoms with Gasteiger partial charge in [0.1, 0.15) is 18.2 Å². The Balaban J connectivity index is 1.59. The van der Waals surface area contributed by atoms with Crippen molar-refractivity contribution in [3.8, 4) is 17.1 Å². The monoisotopic (exact) mass is 418 g/mol. The molecule has 2 aromatic carbocycles. The van der Waals surface area contributed by atoms with E-state index in [2.05, 4.69) is 59.9 Å². The minimum atomic E-state index is 0.0839. The average Bonchev–Trinajstić information content (AvgIpc) is 3.16.